The Morgan fingerprint density at radius 1 is 1.10 bits per heavy atom. The molecule has 2 bridgehead atoms. The molecule has 5 atom stereocenters. The molecule has 0 aromatic heterocycles. The monoisotopic (exact) mass is 415 g/mol. The van der Waals surface area contributed by atoms with Crippen LogP contribution in [0.2, 0.25) is 0 Å². The summed E-state index contributed by atoms with van der Waals surface area (Å²) >= 11 is 0. The zero-order chi connectivity index (χ0) is 21.5. The molecule has 2 saturated heterocycles. The molecule has 2 aliphatic carbocycles. The SMILES string of the molecule is CC(C)(C)NC(=O)[C@@H]1N(C2CC2)C(=O)[C@@H]2[C@@H](C(=O)NC3CCCC3)[C@@]3(C)C=C[C@]21O3. The third-order valence-electron chi connectivity index (χ3n) is 7.41. The molecule has 30 heavy (non-hydrogen) atoms. The topological polar surface area (TPSA) is 87.7 Å². The predicted octanol–water partition coefficient (Wildman–Crippen LogP) is 1.66. The number of ether oxygens (including phenoxy) is 1. The summed E-state index contributed by atoms with van der Waals surface area (Å²) in [5, 5.41) is 6.23. The van der Waals surface area contributed by atoms with E-state index in [0.717, 1.165) is 38.5 Å². The van der Waals surface area contributed by atoms with Gasteiger partial charge in [0.2, 0.25) is 17.7 Å². The molecule has 4 fully saturated rings. The molecule has 5 rings (SSSR count). The van der Waals surface area contributed by atoms with Crippen LogP contribution in [0.25, 0.3) is 0 Å². The lowest BCUT2D eigenvalue weighted by molar-refractivity contribution is -0.146. The first-order chi connectivity index (χ1) is 14.1. The number of carbonyl (C=O) groups excluding carboxylic acids is 3. The summed E-state index contributed by atoms with van der Waals surface area (Å²) in [6.07, 6.45) is 9.82. The third kappa shape index (κ3) is 2.84. The Labute approximate surface area is 178 Å². The quantitative estimate of drug-likeness (QED) is 0.684. The van der Waals surface area contributed by atoms with Crippen LogP contribution in [0.15, 0.2) is 12.2 Å². The van der Waals surface area contributed by atoms with Gasteiger partial charge in [-0.25, -0.2) is 0 Å². The largest absolute Gasteiger partial charge is 0.356 e. The second kappa shape index (κ2) is 6.31. The van der Waals surface area contributed by atoms with Crippen LogP contribution < -0.4 is 10.6 Å². The summed E-state index contributed by atoms with van der Waals surface area (Å²) in [5.74, 6) is -1.67. The smallest absolute Gasteiger partial charge is 0.246 e. The van der Waals surface area contributed by atoms with Gasteiger partial charge in [0.05, 0.1) is 17.4 Å². The Kier molecular flexibility index (Phi) is 4.22. The van der Waals surface area contributed by atoms with Crippen molar-refractivity contribution in [3.63, 3.8) is 0 Å². The molecule has 2 saturated carbocycles. The molecule has 3 heterocycles. The molecule has 0 aromatic rings. The van der Waals surface area contributed by atoms with Crippen molar-refractivity contribution < 1.29 is 19.1 Å². The number of hydrogen-bond donors (Lipinski definition) is 2. The van der Waals surface area contributed by atoms with Crippen LogP contribution in [-0.2, 0) is 19.1 Å². The molecule has 164 valence electrons. The fourth-order valence-electron chi connectivity index (χ4n) is 6.11. The summed E-state index contributed by atoms with van der Waals surface area (Å²) in [5.41, 5.74) is -2.35. The van der Waals surface area contributed by atoms with Crippen LogP contribution in [0.5, 0.6) is 0 Å². The van der Waals surface area contributed by atoms with Gasteiger partial charge in [0.15, 0.2) is 0 Å². The molecule has 0 radical (unpaired) electrons. The maximum Gasteiger partial charge on any atom is 0.246 e. The number of nitrogens with one attached hydrogen (secondary N) is 2. The standard InChI is InChI=1S/C23H33N3O4/c1-21(2,3)25-19(28)17-23-12-11-22(4,30-23)15(18(27)24-13-7-5-6-8-13)16(23)20(29)26(17)14-9-10-14/h11-17H,5-10H2,1-4H3,(H,24,27)(H,25,28)/t15-,16-,17-,22+,23-/m0/s1. The number of carbonyl (C=O) groups is 3. The van der Waals surface area contributed by atoms with Crippen LogP contribution in [0.4, 0.5) is 0 Å². The second-order valence-electron chi connectivity index (χ2n) is 11.0. The van der Waals surface area contributed by atoms with Crippen molar-refractivity contribution in [1.29, 1.82) is 0 Å². The van der Waals surface area contributed by atoms with E-state index in [4.69, 9.17) is 4.74 Å². The first-order valence-corrected chi connectivity index (χ1v) is 11.4. The average molecular weight is 416 g/mol. The van der Waals surface area contributed by atoms with Gasteiger partial charge in [-0.05, 0) is 53.4 Å². The highest BCUT2D eigenvalue weighted by Gasteiger charge is 2.77. The Morgan fingerprint density at radius 2 is 1.77 bits per heavy atom. The number of amides is 3. The Bertz CT molecular complexity index is 823. The first-order valence-electron chi connectivity index (χ1n) is 11.4. The van der Waals surface area contributed by atoms with E-state index in [1.807, 2.05) is 39.8 Å². The van der Waals surface area contributed by atoms with Gasteiger partial charge < -0.3 is 20.3 Å². The van der Waals surface area contributed by atoms with Gasteiger partial charge >= 0.3 is 0 Å². The van der Waals surface area contributed by atoms with Crippen molar-refractivity contribution in [3.05, 3.63) is 12.2 Å². The highest BCUT2D eigenvalue weighted by atomic mass is 16.5. The molecule has 2 N–H and O–H groups in total. The number of hydrogen-bond acceptors (Lipinski definition) is 4. The van der Waals surface area contributed by atoms with Crippen LogP contribution in [0, 0.1) is 11.8 Å². The van der Waals surface area contributed by atoms with E-state index in [9.17, 15) is 14.4 Å². The predicted molar refractivity (Wildman–Crippen MR) is 110 cm³/mol. The fraction of sp³-hybridized carbons (Fsp3) is 0.783. The maximum absolute atomic E-state index is 13.7. The zero-order valence-corrected chi connectivity index (χ0v) is 18.4. The summed E-state index contributed by atoms with van der Waals surface area (Å²) in [7, 11) is 0. The highest BCUT2D eigenvalue weighted by Crippen LogP contribution is 2.61. The van der Waals surface area contributed by atoms with Gasteiger partial charge in [0.1, 0.15) is 11.6 Å². The van der Waals surface area contributed by atoms with Crippen LogP contribution in [-0.4, -0.2) is 57.5 Å². The van der Waals surface area contributed by atoms with Gasteiger partial charge in [0, 0.05) is 17.6 Å². The third-order valence-corrected chi connectivity index (χ3v) is 7.41. The Balaban J connectivity index is 1.50. The van der Waals surface area contributed by atoms with Crippen LogP contribution in [0.3, 0.4) is 0 Å². The molecular formula is C23H33N3O4. The molecule has 3 amide bonds. The van der Waals surface area contributed by atoms with Gasteiger partial charge in [-0.3, -0.25) is 14.4 Å². The van der Waals surface area contributed by atoms with E-state index in [0.29, 0.717) is 0 Å². The second-order valence-corrected chi connectivity index (χ2v) is 11.0. The van der Waals surface area contributed by atoms with Crippen LogP contribution >= 0.6 is 0 Å². The van der Waals surface area contributed by atoms with Crippen molar-refractivity contribution >= 4 is 17.7 Å². The van der Waals surface area contributed by atoms with Crippen molar-refractivity contribution in [2.24, 2.45) is 11.8 Å². The molecule has 5 aliphatic rings. The van der Waals surface area contributed by atoms with Crippen molar-refractivity contribution in [1.82, 2.24) is 15.5 Å². The number of fused-ring (bicyclic) bond motifs is 1. The minimum Gasteiger partial charge on any atom is -0.356 e. The summed E-state index contributed by atoms with van der Waals surface area (Å²) in [6.45, 7) is 7.67. The number of rotatable bonds is 4. The lowest BCUT2D eigenvalue weighted by Crippen LogP contribution is -2.58. The summed E-state index contributed by atoms with van der Waals surface area (Å²) < 4.78 is 6.50. The van der Waals surface area contributed by atoms with Crippen molar-refractivity contribution in [2.75, 3.05) is 0 Å². The zero-order valence-electron chi connectivity index (χ0n) is 18.4. The summed E-state index contributed by atoms with van der Waals surface area (Å²) in [6, 6.07) is -0.490. The molecular weight excluding hydrogens is 382 g/mol. The van der Waals surface area contributed by atoms with Gasteiger partial charge in [-0.2, -0.15) is 0 Å². The Morgan fingerprint density at radius 3 is 2.37 bits per heavy atom. The van der Waals surface area contributed by atoms with Gasteiger partial charge in [-0.15, -0.1) is 0 Å². The lowest BCUT2D eigenvalue weighted by Gasteiger charge is -2.35. The molecule has 1 spiro atoms. The minimum atomic E-state index is -1.07. The molecule has 3 aliphatic heterocycles. The molecule has 7 heteroatoms. The normalized spacial score (nSPS) is 40.2. The van der Waals surface area contributed by atoms with E-state index in [-0.39, 0.29) is 29.8 Å². The van der Waals surface area contributed by atoms with Gasteiger partial charge in [-0.1, -0.05) is 25.0 Å². The maximum atomic E-state index is 13.7. The van der Waals surface area contributed by atoms with Crippen molar-refractivity contribution in [2.45, 2.75) is 101 Å². The van der Waals surface area contributed by atoms with Crippen LogP contribution in [0.1, 0.15) is 66.2 Å². The number of nitrogens with zero attached hydrogens (tertiary/aromatic N) is 1. The molecule has 0 unspecified atom stereocenters. The number of likely N-dealkylation sites (tertiary alicyclic amines) is 1. The van der Waals surface area contributed by atoms with E-state index in [1.165, 1.54) is 0 Å². The lowest BCUT2D eigenvalue weighted by atomic mass is 9.70. The van der Waals surface area contributed by atoms with E-state index >= 15 is 0 Å². The van der Waals surface area contributed by atoms with E-state index in [1.54, 1.807) is 4.90 Å². The Hall–Kier alpha value is -1.89. The summed E-state index contributed by atoms with van der Waals surface area (Å²) in [4.78, 5) is 42.2. The van der Waals surface area contributed by atoms with Gasteiger partial charge in [0.25, 0.3) is 0 Å². The molecule has 0 aromatic carbocycles. The van der Waals surface area contributed by atoms with Crippen molar-refractivity contribution in [3.8, 4) is 0 Å². The van der Waals surface area contributed by atoms with E-state index in [2.05, 4.69) is 10.6 Å². The minimum absolute atomic E-state index is 0.0654. The highest BCUT2D eigenvalue weighted by molar-refractivity contribution is 6.00. The fourth-order valence-corrected chi connectivity index (χ4v) is 6.11. The first kappa shape index (κ1) is 20.0. The van der Waals surface area contributed by atoms with E-state index < -0.39 is 34.6 Å². The molecule has 7 nitrogen and oxygen atoms in total. The average Bonchev–Trinajstić information content (AvgIpc) is 3.00.